The molecule has 0 saturated carbocycles. The maximum Gasteiger partial charge on any atom is 0.235 e. The zero-order valence-corrected chi connectivity index (χ0v) is 11.8. The molecule has 2 heterocycles. The zero-order chi connectivity index (χ0) is 12.4. The second-order valence-electron chi connectivity index (χ2n) is 5.66. The van der Waals surface area contributed by atoms with E-state index in [1.165, 1.54) is 19.4 Å². The summed E-state index contributed by atoms with van der Waals surface area (Å²) in [7, 11) is 0. The van der Waals surface area contributed by atoms with Gasteiger partial charge in [0.25, 0.3) is 0 Å². The predicted octanol–water partition coefficient (Wildman–Crippen LogP) is 1.64. The number of carbonyl (C=O) groups excluding carboxylic acids is 1. The van der Waals surface area contributed by atoms with Crippen LogP contribution in [-0.4, -0.2) is 53.2 Å². The molecule has 1 amide bonds. The van der Waals surface area contributed by atoms with E-state index in [2.05, 4.69) is 31.4 Å². The van der Waals surface area contributed by atoms with E-state index in [0.717, 1.165) is 26.1 Å². The lowest BCUT2D eigenvalue weighted by Gasteiger charge is -2.28. The number of nitrogens with zero attached hydrogens (tertiary/aromatic N) is 2. The second kappa shape index (κ2) is 5.61. The Hall–Kier alpha value is -0.220. The lowest BCUT2D eigenvalue weighted by Crippen LogP contribution is -2.44. The van der Waals surface area contributed by atoms with Crippen molar-refractivity contribution in [2.45, 2.75) is 44.4 Å². The molecule has 4 heteroatoms. The Morgan fingerprint density at radius 1 is 1.24 bits per heavy atom. The quantitative estimate of drug-likeness (QED) is 0.759. The minimum Gasteiger partial charge on any atom is -0.340 e. The van der Waals surface area contributed by atoms with Crippen LogP contribution in [0.1, 0.15) is 33.1 Å². The van der Waals surface area contributed by atoms with Gasteiger partial charge in [-0.15, -0.1) is 0 Å². The van der Waals surface area contributed by atoms with Crippen LogP contribution >= 0.6 is 12.6 Å². The number of amides is 1. The first-order valence-corrected chi connectivity index (χ1v) is 7.32. The van der Waals surface area contributed by atoms with Crippen LogP contribution in [0.5, 0.6) is 0 Å². The highest BCUT2D eigenvalue weighted by Crippen LogP contribution is 2.23. The van der Waals surface area contributed by atoms with Crippen molar-refractivity contribution in [2.75, 3.05) is 26.2 Å². The van der Waals surface area contributed by atoms with Gasteiger partial charge in [-0.1, -0.05) is 13.8 Å². The van der Waals surface area contributed by atoms with Gasteiger partial charge in [0.05, 0.1) is 5.25 Å². The van der Waals surface area contributed by atoms with Crippen LogP contribution in [0.15, 0.2) is 0 Å². The summed E-state index contributed by atoms with van der Waals surface area (Å²) in [5, 5.41) is -0.136. The second-order valence-corrected chi connectivity index (χ2v) is 6.22. The fourth-order valence-corrected chi connectivity index (χ4v) is 3.04. The van der Waals surface area contributed by atoms with E-state index >= 15 is 0 Å². The van der Waals surface area contributed by atoms with Gasteiger partial charge >= 0.3 is 0 Å². The number of hydrogen-bond donors (Lipinski definition) is 1. The van der Waals surface area contributed by atoms with E-state index in [4.69, 9.17) is 0 Å². The summed E-state index contributed by atoms with van der Waals surface area (Å²) in [5.74, 6) is 0.547. The van der Waals surface area contributed by atoms with E-state index in [9.17, 15) is 4.79 Å². The molecule has 0 spiro atoms. The minimum absolute atomic E-state index is 0.136. The third kappa shape index (κ3) is 2.97. The Morgan fingerprint density at radius 2 is 1.94 bits per heavy atom. The van der Waals surface area contributed by atoms with Crippen LogP contribution in [-0.2, 0) is 4.79 Å². The third-order valence-electron chi connectivity index (χ3n) is 4.00. The molecule has 2 fully saturated rings. The highest BCUT2D eigenvalue weighted by molar-refractivity contribution is 7.81. The highest BCUT2D eigenvalue weighted by atomic mass is 32.1. The van der Waals surface area contributed by atoms with E-state index in [1.54, 1.807) is 0 Å². The van der Waals surface area contributed by atoms with Crippen LogP contribution in [0.3, 0.4) is 0 Å². The van der Waals surface area contributed by atoms with E-state index < -0.39 is 0 Å². The molecule has 17 heavy (non-hydrogen) atoms. The van der Waals surface area contributed by atoms with Crippen molar-refractivity contribution in [2.24, 2.45) is 5.92 Å². The van der Waals surface area contributed by atoms with Crippen molar-refractivity contribution in [1.82, 2.24) is 9.80 Å². The van der Waals surface area contributed by atoms with Crippen molar-refractivity contribution >= 4 is 18.5 Å². The number of fused-ring (bicyclic) bond motifs is 1. The van der Waals surface area contributed by atoms with Gasteiger partial charge in [0, 0.05) is 25.7 Å². The van der Waals surface area contributed by atoms with Crippen LogP contribution in [0.2, 0.25) is 0 Å². The van der Waals surface area contributed by atoms with E-state index in [-0.39, 0.29) is 11.2 Å². The molecule has 2 aliphatic heterocycles. The number of rotatable bonds is 2. The maximum absolute atomic E-state index is 12.3. The fraction of sp³-hybridized carbons (Fsp3) is 0.923. The number of hydrogen-bond acceptors (Lipinski definition) is 3. The molecule has 0 aromatic rings. The number of thiol groups is 1. The Morgan fingerprint density at radius 3 is 2.65 bits per heavy atom. The van der Waals surface area contributed by atoms with Crippen molar-refractivity contribution in [3.05, 3.63) is 0 Å². The monoisotopic (exact) mass is 256 g/mol. The van der Waals surface area contributed by atoms with Gasteiger partial charge in [-0.2, -0.15) is 12.6 Å². The summed E-state index contributed by atoms with van der Waals surface area (Å²) >= 11 is 4.46. The SMILES string of the molecule is CC(C)C(S)C(=O)N1CCCN2CCCC2C1. The average molecular weight is 256 g/mol. The Labute approximate surface area is 110 Å². The molecule has 3 nitrogen and oxygen atoms in total. The van der Waals surface area contributed by atoms with Gasteiger partial charge in [0.2, 0.25) is 5.91 Å². The maximum atomic E-state index is 12.3. The summed E-state index contributed by atoms with van der Waals surface area (Å²) in [6.45, 7) is 8.34. The van der Waals surface area contributed by atoms with E-state index in [0.29, 0.717) is 12.0 Å². The lowest BCUT2D eigenvalue weighted by molar-refractivity contribution is -0.131. The molecule has 0 radical (unpaired) electrons. The zero-order valence-electron chi connectivity index (χ0n) is 10.9. The fourth-order valence-electron chi connectivity index (χ4n) is 2.88. The van der Waals surface area contributed by atoms with Gasteiger partial charge in [0.1, 0.15) is 0 Å². The summed E-state index contributed by atoms with van der Waals surface area (Å²) in [5.41, 5.74) is 0. The average Bonchev–Trinajstić information content (AvgIpc) is 2.64. The summed E-state index contributed by atoms with van der Waals surface area (Å²) in [4.78, 5) is 16.9. The van der Waals surface area contributed by atoms with Crippen molar-refractivity contribution in [1.29, 1.82) is 0 Å². The molecule has 2 saturated heterocycles. The van der Waals surface area contributed by atoms with Gasteiger partial charge in [-0.3, -0.25) is 9.69 Å². The first-order valence-electron chi connectivity index (χ1n) is 6.80. The molecule has 0 aromatic carbocycles. The Kier molecular flexibility index (Phi) is 4.36. The van der Waals surface area contributed by atoms with Crippen LogP contribution in [0, 0.1) is 5.92 Å². The van der Waals surface area contributed by atoms with E-state index in [1.807, 2.05) is 4.90 Å². The lowest BCUT2D eigenvalue weighted by atomic mass is 10.1. The van der Waals surface area contributed by atoms with Crippen LogP contribution in [0.4, 0.5) is 0 Å². The third-order valence-corrected chi connectivity index (χ3v) is 4.82. The van der Waals surface area contributed by atoms with Crippen molar-refractivity contribution in [3.8, 4) is 0 Å². The molecular formula is C13H24N2OS. The predicted molar refractivity (Wildman–Crippen MR) is 73.4 cm³/mol. The molecule has 2 atom stereocenters. The highest BCUT2D eigenvalue weighted by Gasteiger charge is 2.32. The van der Waals surface area contributed by atoms with Gasteiger partial charge in [0.15, 0.2) is 0 Å². The van der Waals surface area contributed by atoms with Crippen LogP contribution in [0.25, 0.3) is 0 Å². The smallest absolute Gasteiger partial charge is 0.235 e. The Balaban J connectivity index is 1.98. The molecule has 2 rings (SSSR count). The number of carbonyl (C=O) groups is 1. The molecule has 0 aliphatic carbocycles. The first kappa shape index (κ1) is 13.2. The molecule has 98 valence electrons. The van der Waals surface area contributed by atoms with Crippen LogP contribution < -0.4 is 0 Å². The molecule has 2 aliphatic rings. The topological polar surface area (TPSA) is 23.6 Å². The standard InChI is InChI=1S/C13H24N2OS/c1-10(2)12(17)13(16)15-8-4-7-14-6-3-5-11(14)9-15/h10-12,17H,3-9H2,1-2H3. The molecule has 0 aromatic heterocycles. The van der Waals surface area contributed by atoms with Gasteiger partial charge < -0.3 is 4.90 Å². The molecule has 0 N–H and O–H groups in total. The molecular weight excluding hydrogens is 232 g/mol. The largest absolute Gasteiger partial charge is 0.340 e. The Bertz CT molecular complexity index is 283. The summed E-state index contributed by atoms with van der Waals surface area (Å²) in [6, 6.07) is 0.606. The summed E-state index contributed by atoms with van der Waals surface area (Å²) < 4.78 is 0. The normalized spacial score (nSPS) is 28.0. The van der Waals surface area contributed by atoms with Crippen molar-refractivity contribution in [3.63, 3.8) is 0 Å². The van der Waals surface area contributed by atoms with Gasteiger partial charge in [-0.25, -0.2) is 0 Å². The first-order chi connectivity index (χ1) is 8.09. The minimum atomic E-state index is -0.136. The van der Waals surface area contributed by atoms with Crippen molar-refractivity contribution < 1.29 is 4.79 Å². The van der Waals surface area contributed by atoms with Gasteiger partial charge in [-0.05, 0) is 31.7 Å². The molecule has 2 unspecified atom stereocenters. The molecule has 0 bridgehead atoms. The summed E-state index contributed by atoms with van der Waals surface area (Å²) in [6.07, 6.45) is 3.66.